The van der Waals surface area contributed by atoms with Crippen molar-refractivity contribution in [1.29, 1.82) is 0 Å². The summed E-state index contributed by atoms with van der Waals surface area (Å²) >= 11 is 1.54. The van der Waals surface area contributed by atoms with Crippen LogP contribution >= 0.6 is 11.8 Å². The Bertz CT molecular complexity index is 936. The lowest BCUT2D eigenvalue weighted by molar-refractivity contribution is 0.573. The van der Waals surface area contributed by atoms with Gasteiger partial charge in [-0.25, -0.2) is 9.67 Å². The van der Waals surface area contributed by atoms with Crippen LogP contribution in [0, 0.1) is 0 Å². The Kier molecular flexibility index (Phi) is 4.56. The van der Waals surface area contributed by atoms with Crippen LogP contribution in [0.2, 0.25) is 0 Å². The first-order valence-corrected chi connectivity index (χ1v) is 8.80. The first-order valence-electron chi connectivity index (χ1n) is 7.81. The van der Waals surface area contributed by atoms with Crippen molar-refractivity contribution in [3.8, 4) is 11.5 Å². The van der Waals surface area contributed by atoms with E-state index in [9.17, 15) is 0 Å². The second-order valence-electron chi connectivity index (χ2n) is 5.40. The highest BCUT2D eigenvalue weighted by Crippen LogP contribution is 2.23. The summed E-state index contributed by atoms with van der Waals surface area (Å²) in [6, 6.07) is 20.0. The second kappa shape index (κ2) is 7.31. The number of tetrazole rings is 1. The molecule has 0 aliphatic carbocycles. The SMILES string of the molecule is c1ccc(Cn2nnnc2SCc2coc(-c3ccccc3)n2)cc1. The van der Waals surface area contributed by atoms with Crippen molar-refractivity contribution in [3.63, 3.8) is 0 Å². The van der Waals surface area contributed by atoms with Crippen LogP contribution in [0.15, 0.2) is 76.5 Å². The monoisotopic (exact) mass is 349 g/mol. The van der Waals surface area contributed by atoms with Crippen molar-refractivity contribution < 1.29 is 4.42 Å². The summed E-state index contributed by atoms with van der Waals surface area (Å²) in [6.45, 7) is 0.643. The highest BCUT2D eigenvalue weighted by Gasteiger charge is 2.11. The molecular weight excluding hydrogens is 334 g/mol. The number of nitrogens with zero attached hydrogens (tertiary/aromatic N) is 5. The van der Waals surface area contributed by atoms with Gasteiger partial charge in [-0.15, -0.1) is 5.10 Å². The van der Waals surface area contributed by atoms with Gasteiger partial charge < -0.3 is 4.42 Å². The predicted octanol–water partition coefficient (Wildman–Crippen LogP) is 3.67. The third kappa shape index (κ3) is 3.77. The number of aromatic nitrogens is 5. The van der Waals surface area contributed by atoms with Crippen LogP contribution in [-0.2, 0) is 12.3 Å². The van der Waals surface area contributed by atoms with Gasteiger partial charge in [0.25, 0.3) is 0 Å². The van der Waals surface area contributed by atoms with Gasteiger partial charge in [0, 0.05) is 11.3 Å². The van der Waals surface area contributed by atoms with E-state index in [1.165, 1.54) is 11.8 Å². The smallest absolute Gasteiger partial charge is 0.226 e. The molecule has 6 nitrogen and oxygen atoms in total. The molecule has 0 atom stereocenters. The van der Waals surface area contributed by atoms with Crippen LogP contribution in [0.4, 0.5) is 0 Å². The fourth-order valence-electron chi connectivity index (χ4n) is 2.38. The lowest BCUT2D eigenvalue weighted by atomic mass is 10.2. The Morgan fingerprint density at radius 2 is 1.72 bits per heavy atom. The molecule has 25 heavy (non-hydrogen) atoms. The average Bonchev–Trinajstić information content (AvgIpc) is 3.31. The fraction of sp³-hybridized carbons (Fsp3) is 0.111. The maximum Gasteiger partial charge on any atom is 0.226 e. The van der Waals surface area contributed by atoms with Gasteiger partial charge in [-0.2, -0.15) is 0 Å². The molecule has 0 amide bonds. The van der Waals surface area contributed by atoms with E-state index in [-0.39, 0.29) is 0 Å². The van der Waals surface area contributed by atoms with E-state index >= 15 is 0 Å². The molecule has 4 rings (SSSR count). The standard InChI is InChI=1S/C18H15N5OS/c1-3-7-14(8-4-1)11-23-18(20-21-22-23)25-13-16-12-24-17(19-16)15-9-5-2-6-10-15/h1-10,12H,11,13H2. The molecule has 7 heteroatoms. The van der Waals surface area contributed by atoms with Gasteiger partial charge in [0.15, 0.2) is 0 Å². The van der Waals surface area contributed by atoms with Crippen LogP contribution in [0.25, 0.3) is 11.5 Å². The Balaban J connectivity index is 1.43. The van der Waals surface area contributed by atoms with Crippen molar-refractivity contribution in [2.45, 2.75) is 17.5 Å². The number of thioether (sulfide) groups is 1. The topological polar surface area (TPSA) is 69.6 Å². The quantitative estimate of drug-likeness (QED) is 0.495. The van der Waals surface area contributed by atoms with Crippen molar-refractivity contribution in [3.05, 3.63) is 78.2 Å². The van der Waals surface area contributed by atoms with Crippen molar-refractivity contribution in [1.82, 2.24) is 25.2 Å². The van der Waals surface area contributed by atoms with Crippen LogP contribution in [-0.4, -0.2) is 25.2 Å². The summed E-state index contributed by atoms with van der Waals surface area (Å²) in [5.74, 6) is 1.27. The minimum absolute atomic E-state index is 0.625. The summed E-state index contributed by atoms with van der Waals surface area (Å²) in [7, 11) is 0. The first kappa shape index (κ1) is 15.6. The van der Waals surface area contributed by atoms with E-state index in [2.05, 4.69) is 32.6 Å². The molecule has 0 radical (unpaired) electrons. The van der Waals surface area contributed by atoms with E-state index in [1.807, 2.05) is 48.5 Å². The Hall–Kier alpha value is -2.93. The lowest BCUT2D eigenvalue weighted by Gasteiger charge is -2.03. The summed E-state index contributed by atoms with van der Waals surface area (Å²) in [5.41, 5.74) is 2.98. The van der Waals surface area contributed by atoms with Crippen LogP contribution < -0.4 is 0 Å². The zero-order valence-electron chi connectivity index (χ0n) is 13.3. The molecule has 124 valence electrons. The predicted molar refractivity (Wildman–Crippen MR) is 94.9 cm³/mol. The minimum atomic E-state index is 0.625. The Morgan fingerprint density at radius 1 is 0.960 bits per heavy atom. The molecular formula is C18H15N5OS. The van der Waals surface area contributed by atoms with Gasteiger partial charge in [0.2, 0.25) is 11.0 Å². The average molecular weight is 349 g/mol. The Labute approximate surface area is 148 Å². The molecule has 0 saturated carbocycles. The van der Waals surface area contributed by atoms with Crippen LogP contribution in [0.3, 0.4) is 0 Å². The molecule has 0 N–H and O–H groups in total. The molecule has 2 aromatic heterocycles. The third-order valence-corrected chi connectivity index (χ3v) is 4.59. The van der Waals surface area contributed by atoms with Crippen LogP contribution in [0.1, 0.15) is 11.3 Å². The Morgan fingerprint density at radius 3 is 2.52 bits per heavy atom. The summed E-state index contributed by atoms with van der Waals surface area (Å²) < 4.78 is 7.35. The molecule has 0 spiro atoms. The summed E-state index contributed by atoms with van der Waals surface area (Å²) in [4.78, 5) is 4.53. The third-order valence-electron chi connectivity index (χ3n) is 3.60. The zero-order chi connectivity index (χ0) is 16.9. The largest absolute Gasteiger partial charge is 0.444 e. The number of benzene rings is 2. The normalized spacial score (nSPS) is 10.9. The maximum atomic E-state index is 5.56. The zero-order valence-corrected chi connectivity index (χ0v) is 14.1. The maximum absolute atomic E-state index is 5.56. The number of rotatable bonds is 6. The van der Waals surface area contributed by atoms with E-state index < -0.39 is 0 Å². The highest BCUT2D eigenvalue weighted by atomic mass is 32.2. The van der Waals surface area contributed by atoms with Gasteiger partial charge in [0.05, 0.1) is 12.2 Å². The fourth-order valence-corrected chi connectivity index (χ4v) is 3.13. The number of oxazole rings is 1. The molecule has 2 heterocycles. The minimum Gasteiger partial charge on any atom is -0.444 e. The first-order chi connectivity index (χ1) is 12.4. The van der Waals surface area contributed by atoms with Gasteiger partial charge in [0.1, 0.15) is 6.26 Å². The number of hydrogen-bond acceptors (Lipinski definition) is 6. The van der Waals surface area contributed by atoms with Crippen LogP contribution in [0.5, 0.6) is 0 Å². The van der Waals surface area contributed by atoms with E-state index in [1.54, 1.807) is 10.9 Å². The molecule has 4 aromatic rings. The van der Waals surface area contributed by atoms with E-state index in [4.69, 9.17) is 4.42 Å². The second-order valence-corrected chi connectivity index (χ2v) is 6.35. The van der Waals surface area contributed by atoms with Crippen molar-refractivity contribution >= 4 is 11.8 Å². The molecule has 0 fully saturated rings. The molecule has 0 aliphatic heterocycles. The van der Waals surface area contributed by atoms with Gasteiger partial charge >= 0.3 is 0 Å². The van der Waals surface area contributed by atoms with Gasteiger partial charge in [-0.1, -0.05) is 60.3 Å². The van der Waals surface area contributed by atoms with E-state index in [0.29, 0.717) is 18.2 Å². The molecule has 0 saturated heterocycles. The van der Waals surface area contributed by atoms with Crippen molar-refractivity contribution in [2.75, 3.05) is 0 Å². The molecule has 0 unspecified atom stereocenters. The van der Waals surface area contributed by atoms with Crippen molar-refractivity contribution in [2.24, 2.45) is 0 Å². The highest BCUT2D eigenvalue weighted by molar-refractivity contribution is 7.98. The molecule has 0 bridgehead atoms. The lowest BCUT2D eigenvalue weighted by Crippen LogP contribution is -2.03. The summed E-state index contributed by atoms with van der Waals surface area (Å²) in [6.07, 6.45) is 1.68. The van der Waals surface area contributed by atoms with Gasteiger partial charge in [-0.3, -0.25) is 0 Å². The van der Waals surface area contributed by atoms with E-state index in [0.717, 1.165) is 22.0 Å². The number of hydrogen-bond donors (Lipinski definition) is 0. The summed E-state index contributed by atoms with van der Waals surface area (Å²) in [5, 5.41) is 12.7. The molecule has 0 aliphatic rings. The molecule has 2 aromatic carbocycles. The van der Waals surface area contributed by atoms with Gasteiger partial charge in [-0.05, 0) is 28.1 Å².